The fourth-order valence-corrected chi connectivity index (χ4v) is 2.71. The predicted molar refractivity (Wildman–Crippen MR) is 79.6 cm³/mol. The molecule has 1 aliphatic carbocycles. The summed E-state index contributed by atoms with van der Waals surface area (Å²) in [6.45, 7) is 6.02. The summed E-state index contributed by atoms with van der Waals surface area (Å²) in [7, 11) is 1.68. The second-order valence-corrected chi connectivity index (χ2v) is 5.80. The predicted octanol–water partition coefficient (Wildman–Crippen LogP) is 2.94. The van der Waals surface area contributed by atoms with Crippen LogP contribution in [0.4, 0.5) is 11.6 Å². The second-order valence-electron chi connectivity index (χ2n) is 5.80. The zero-order chi connectivity index (χ0) is 15.6. The van der Waals surface area contributed by atoms with Crippen LogP contribution >= 0.6 is 0 Å². The lowest BCUT2D eigenvalue weighted by Crippen LogP contribution is -2.29. The summed E-state index contributed by atoms with van der Waals surface area (Å²) in [5.74, 6) is 1.63. The molecule has 0 aromatic carbocycles. The van der Waals surface area contributed by atoms with E-state index in [1.807, 2.05) is 0 Å². The van der Waals surface area contributed by atoms with Gasteiger partial charge in [-0.1, -0.05) is 13.8 Å². The van der Waals surface area contributed by atoms with E-state index < -0.39 is 4.92 Å². The Hall–Kier alpha value is -1.92. The van der Waals surface area contributed by atoms with Crippen LogP contribution in [0.25, 0.3) is 0 Å². The summed E-state index contributed by atoms with van der Waals surface area (Å²) in [4.78, 5) is 18.9. The van der Waals surface area contributed by atoms with Crippen molar-refractivity contribution in [3.63, 3.8) is 0 Å². The molecule has 21 heavy (non-hydrogen) atoms. The minimum absolute atomic E-state index is 0.0195. The molecule has 1 aromatic rings. The quantitative estimate of drug-likeness (QED) is 0.678. The molecular weight excluding hydrogens is 272 g/mol. The van der Waals surface area contributed by atoms with Gasteiger partial charge in [-0.2, -0.15) is 4.98 Å². The fourth-order valence-electron chi connectivity index (χ4n) is 2.71. The van der Waals surface area contributed by atoms with Crippen LogP contribution in [0.3, 0.4) is 0 Å². The van der Waals surface area contributed by atoms with Gasteiger partial charge in [0, 0.05) is 7.05 Å². The smallest absolute Gasteiger partial charge is 0.352 e. The number of ether oxygens (including phenoxy) is 1. The van der Waals surface area contributed by atoms with Crippen molar-refractivity contribution in [1.82, 2.24) is 9.97 Å². The average molecular weight is 294 g/mol. The van der Waals surface area contributed by atoms with Gasteiger partial charge in [-0.05, 0) is 38.0 Å². The minimum Gasteiger partial charge on any atom is -0.469 e. The Morgan fingerprint density at radius 2 is 2.00 bits per heavy atom. The van der Waals surface area contributed by atoms with Crippen LogP contribution in [-0.4, -0.2) is 28.0 Å². The normalized spacial score (nSPS) is 25.4. The molecule has 0 amide bonds. The first kappa shape index (κ1) is 15.5. The van der Waals surface area contributed by atoms with Gasteiger partial charge in [0.2, 0.25) is 5.95 Å². The fraction of sp³-hybridized carbons (Fsp3) is 0.714. The zero-order valence-corrected chi connectivity index (χ0v) is 12.9. The van der Waals surface area contributed by atoms with Crippen molar-refractivity contribution in [2.45, 2.75) is 46.1 Å². The van der Waals surface area contributed by atoms with Crippen molar-refractivity contribution in [1.29, 1.82) is 0 Å². The van der Waals surface area contributed by atoms with Gasteiger partial charge < -0.3 is 10.1 Å². The highest BCUT2D eigenvalue weighted by Crippen LogP contribution is 2.35. The summed E-state index contributed by atoms with van der Waals surface area (Å²) >= 11 is 0. The Labute approximate surface area is 124 Å². The first-order valence-electron chi connectivity index (χ1n) is 7.29. The van der Waals surface area contributed by atoms with Gasteiger partial charge in [0.05, 0.1) is 4.92 Å². The number of aromatic nitrogens is 2. The summed E-state index contributed by atoms with van der Waals surface area (Å²) in [5.41, 5.74) is 0.173. The summed E-state index contributed by atoms with van der Waals surface area (Å²) < 4.78 is 5.86. The van der Waals surface area contributed by atoms with E-state index in [-0.39, 0.29) is 17.7 Å². The van der Waals surface area contributed by atoms with Gasteiger partial charge in [0.1, 0.15) is 11.8 Å². The van der Waals surface area contributed by atoms with E-state index in [1.54, 1.807) is 14.0 Å². The third-order valence-electron chi connectivity index (χ3n) is 4.26. The Morgan fingerprint density at radius 1 is 1.29 bits per heavy atom. The molecule has 2 rings (SSSR count). The third-order valence-corrected chi connectivity index (χ3v) is 4.26. The third kappa shape index (κ3) is 3.40. The van der Waals surface area contributed by atoms with Crippen molar-refractivity contribution in [3.8, 4) is 5.88 Å². The highest BCUT2D eigenvalue weighted by Gasteiger charge is 2.30. The first-order chi connectivity index (χ1) is 9.92. The average Bonchev–Trinajstić information content (AvgIpc) is 2.41. The molecule has 1 N–H and O–H groups in total. The second kappa shape index (κ2) is 6.24. The molecule has 0 aliphatic heterocycles. The number of nitrogens with zero attached hydrogens (tertiary/aromatic N) is 3. The summed E-state index contributed by atoms with van der Waals surface area (Å²) in [6.07, 6.45) is 2.85. The molecular formula is C14H22N4O3. The Bertz CT molecular complexity index is 535. The number of nitro groups is 1. The SMILES string of the molecule is CNc1nc(C)c([N+](=O)[O-])c(OC2CCC(C)C(C)C2)n1. The molecule has 1 fully saturated rings. The largest absolute Gasteiger partial charge is 0.469 e. The maximum atomic E-state index is 11.2. The van der Waals surface area contributed by atoms with E-state index in [9.17, 15) is 10.1 Å². The van der Waals surface area contributed by atoms with E-state index in [0.717, 1.165) is 19.3 Å². The van der Waals surface area contributed by atoms with Gasteiger partial charge in [-0.15, -0.1) is 0 Å². The number of hydrogen-bond acceptors (Lipinski definition) is 6. The lowest BCUT2D eigenvalue weighted by Gasteiger charge is -2.31. The van der Waals surface area contributed by atoms with Crippen LogP contribution in [0.5, 0.6) is 5.88 Å². The van der Waals surface area contributed by atoms with Crippen LogP contribution in [0, 0.1) is 28.9 Å². The van der Waals surface area contributed by atoms with Crippen molar-refractivity contribution >= 4 is 11.6 Å². The monoisotopic (exact) mass is 294 g/mol. The molecule has 0 saturated heterocycles. The standard InChI is InChI=1S/C14H22N4O3/c1-8-5-6-11(7-9(8)2)21-13-12(18(19)20)10(3)16-14(15-4)17-13/h8-9,11H,5-7H2,1-4H3,(H,15,16,17). The summed E-state index contributed by atoms with van der Waals surface area (Å²) in [6, 6.07) is 0. The number of anilines is 1. The Balaban J connectivity index is 2.26. The highest BCUT2D eigenvalue weighted by atomic mass is 16.6. The zero-order valence-electron chi connectivity index (χ0n) is 12.9. The summed E-state index contributed by atoms with van der Waals surface area (Å²) in [5, 5.41) is 14.0. The van der Waals surface area contributed by atoms with Crippen molar-refractivity contribution in [2.75, 3.05) is 12.4 Å². The van der Waals surface area contributed by atoms with Gasteiger partial charge in [0.15, 0.2) is 0 Å². The molecule has 1 aromatic heterocycles. The number of rotatable bonds is 4. The van der Waals surface area contributed by atoms with E-state index in [2.05, 4.69) is 29.1 Å². The molecule has 7 heteroatoms. The molecule has 0 radical (unpaired) electrons. The Morgan fingerprint density at radius 3 is 2.57 bits per heavy atom. The molecule has 3 unspecified atom stereocenters. The molecule has 1 aliphatic rings. The van der Waals surface area contributed by atoms with Crippen LogP contribution < -0.4 is 10.1 Å². The van der Waals surface area contributed by atoms with Gasteiger partial charge in [-0.3, -0.25) is 10.1 Å². The van der Waals surface area contributed by atoms with Gasteiger partial charge in [0.25, 0.3) is 5.88 Å². The highest BCUT2D eigenvalue weighted by molar-refractivity contribution is 5.48. The minimum atomic E-state index is -0.473. The lowest BCUT2D eigenvalue weighted by molar-refractivity contribution is -0.387. The van der Waals surface area contributed by atoms with Gasteiger partial charge >= 0.3 is 5.69 Å². The molecule has 3 atom stereocenters. The van der Waals surface area contributed by atoms with Crippen molar-refractivity contribution in [3.05, 3.63) is 15.8 Å². The maximum absolute atomic E-state index is 11.2. The van der Waals surface area contributed by atoms with E-state index in [4.69, 9.17) is 4.74 Å². The molecule has 0 bridgehead atoms. The number of aryl methyl sites for hydroxylation is 1. The van der Waals surface area contributed by atoms with Gasteiger partial charge in [-0.25, -0.2) is 4.98 Å². The van der Waals surface area contributed by atoms with Crippen LogP contribution in [0.2, 0.25) is 0 Å². The molecule has 7 nitrogen and oxygen atoms in total. The molecule has 1 saturated carbocycles. The van der Waals surface area contributed by atoms with E-state index >= 15 is 0 Å². The maximum Gasteiger partial charge on any atom is 0.352 e. The Kier molecular flexibility index (Phi) is 4.59. The van der Waals surface area contributed by atoms with E-state index in [0.29, 0.717) is 23.5 Å². The van der Waals surface area contributed by atoms with Crippen LogP contribution in [-0.2, 0) is 0 Å². The number of nitrogens with one attached hydrogen (secondary N) is 1. The topological polar surface area (TPSA) is 90.2 Å². The molecule has 116 valence electrons. The van der Waals surface area contributed by atoms with Crippen molar-refractivity contribution in [2.24, 2.45) is 11.8 Å². The van der Waals surface area contributed by atoms with Crippen LogP contribution in [0.1, 0.15) is 38.8 Å². The molecule has 1 heterocycles. The van der Waals surface area contributed by atoms with Crippen molar-refractivity contribution < 1.29 is 9.66 Å². The van der Waals surface area contributed by atoms with E-state index in [1.165, 1.54) is 0 Å². The molecule has 0 spiro atoms. The van der Waals surface area contributed by atoms with Crippen LogP contribution in [0.15, 0.2) is 0 Å². The lowest BCUT2D eigenvalue weighted by atomic mass is 9.80. The number of hydrogen-bond donors (Lipinski definition) is 1. The first-order valence-corrected chi connectivity index (χ1v) is 7.29.